The Morgan fingerprint density at radius 2 is 1.90 bits per heavy atom. The predicted octanol–water partition coefficient (Wildman–Crippen LogP) is 0.778. The van der Waals surface area contributed by atoms with Crippen LogP contribution in [0.15, 0.2) is 18.2 Å². The number of rotatable bonds is 4. The maximum absolute atomic E-state index is 12.0. The van der Waals surface area contributed by atoms with E-state index in [9.17, 15) is 9.59 Å². The van der Waals surface area contributed by atoms with E-state index in [1.807, 2.05) is 19.9 Å². The van der Waals surface area contributed by atoms with E-state index >= 15 is 0 Å². The quantitative estimate of drug-likeness (QED) is 0.655. The van der Waals surface area contributed by atoms with Gasteiger partial charge < -0.3 is 21.3 Å². The van der Waals surface area contributed by atoms with E-state index in [4.69, 9.17) is 0 Å². The molecule has 20 heavy (non-hydrogen) atoms. The summed E-state index contributed by atoms with van der Waals surface area (Å²) in [5.74, 6) is -0.440. The highest BCUT2D eigenvalue weighted by Gasteiger charge is 2.13. The Kier molecular flexibility index (Phi) is 4.45. The molecule has 6 heteroatoms. The minimum atomic E-state index is -0.251. The first-order valence-corrected chi connectivity index (χ1v) is 6.75. The number of carbonyl (C=O) groups excluding carboxylic acids is 2. The highest BCUT2D eigenvalue weighted by Crippen LogP contribution is 2.25. The Morgan fingerprint density at radius 1 is 1.20 bits per heavy atom. The number of amides is 2. The number of nitrogens with one attached hydrogen (secondary N) is 4. The first kappa shape index (κ1) is 14.2. The van der Waals surface area contributed by atoms with Crippen LogP contribution in [0.2, 0.25) is 0 Å². The first-order chi connectivity index (χ1) is 9.56. The van der Waals surface area contributed by atoms with E-state index in [0.717, 1.165) is 24.5 Å². The molecule has 0 saturated carbocycles. The van der Waals surface area contributed by atoms with E-state index in [1.54, 1.807) is 12.1 Å². The predicted molar refractivity (Wildman–Crippen MR) is 79.0 cm³/mol. The molecule has 1 aliphatic heterocycles. The summed E-state index contributed by atoms with van der Waals surface area (Å²) in [6, 6.07) is 5.47. The van der Waals surface area contributed by atoms with Crippen molar-refractivity contribution < 1.29 is 9.59 Å². The molecule has 0 saturated heterocycles. The number of carbonyl (C=O) groups is 2. The molecular weight excluding hydrogens is 256 g/mol. The van der Waals surface area contributed by atoms with Gasteiger partial charge in [0.25, 0.3) is 5.91 Å². The van der Waals surface area contributed by atoms with Crippen molar-refractivity contribution in [1.82, 2.24) is 10.6 Å². The van der Waals surface area contributed by atoms with Crippen molar-refractivity contribution in [2.24, 2.45) is 0 Å². The van der Waals surface area contributed by atoms with Gasteiger partial charge in [-0.2, -0.15) is 0 Å². The second-order valence-electron chi connectivity index (χ2n) is 5.02. The van der Waals surface area contributed by atoms with Gasteiger partial charge in [-0.25, -0.2) is 0 Å². The zero-order valence-corrected chi connectivity index (χ0v) is 11.7. The number of fused-ring (bicyclic) bond motifs is 1. The summed E-state index contributed by atoms with van der Waals surface area (Å²) >= 11 is 0. The fourth-order valence-corrected chi connectivity index (χ4v) is 2.02. The van der Waals surface area contributed by atoms with Gasteiger partial charge in [0, 0.05) is 24.7 Å². The molecule has 2 rings (SSSR count). The van der Waals surface area contributed by atoms with Crippen molar-refractivity contribution in [1.29, 1.82) is 0 Å². The third kappa shape index (κ3) is 3.63. The molecule has 1 aromatic rings. The molecule has 0 aliphatic carbocycles. The molecule has 0 bridgehead atoms. The van der Waals surface area contributed by atoms with Gasteiger partial charge >= 0.3 is 0 Å². The molecule has 0 radical (unpaired) electrons. The molecule has 1 aromatic carbocycles. The normalized spacial score (nSPS) is 12.9. The Morgan fingerprint density at radius 3 is 2.60 bits per heavy atom. The van der Waals surface area contributed by atoms with Gasteiger partial charge in [0.15, 0.2) is 0 Å². The van der Waals surface area contributed by atoms with Crippen LogP contribution in [0.1, 0.15) is 24.2 Å². The summed E-state index contributed by atoms with van der Waals surface area (Å²) in [5.41, 5.74) is 2.44. The fourth-order valence-electron chi connectivity index (χ4n) is 2.02. The van der Waals surface area contributed by atoms with E-state index in [0.29, 0.717) is 5.56 Å². The standard InChI is InChI=1S/C14H20N4O2/c1-9(2)18-13(19)8-17-14(20)10-3-4-11-12(7-10)16-6-5-15-11/h3-4,7,9,15-16H,5-6,8H2,1-2H3,(H,17,20)(H,18,19). The molecule has 108 valence electrons. The molecule has 0 unspecified atom stereocenters. The van der Waals surface area contributed by atoms with Crippen LogP contribution in [0.3, 0.4) is 0 Å². The van der Waals surface area contributed by atoms with Crippen molar-refractivity contribution in [3.63, 3.8) is 0 Å². The lowest BCUT2D eigenvalue weighted by Crippen LogP contribution is -2.39. The number of hydrogen-bond donors (Lipinski definition) is 4. The molecule has 4 N–H and O–H groups in total. The lowest BCUT2D eigenvalue weighted by atomic mass is 10.1. The minimum absolute atomic E-state index is 0.0141. The average Bonchev–Trinajstić information content (AvgIpc) is 2.43. The molecule has 0 fully saturated rings. The van der Waals surface area contributed by atoms with E-state index in [-0.39, 0.29) is 24.4 Å². The summed E-state index contributed by atoms with van der Waals surface area (Å²) in [4.78, 5) is 23.5. The highest BCUT2D eigenvalue weighted by molar-refractivity contribution is 5.98. The van der Waals surface area contributed by atoms with Gasteiger partial charge in [-0.15, -0.1) is 0 Å². The molecule has 1 heterocycles. The second-order valence-corrected chi connectivity index (χ2v) is 5.02. The fraction of sp³-hybridized carbons (Fsp3) is 0.429. The number of hydrogen-bond acceptors (Lipinski definition) is 4. The van der Waals surface area contributed by atoms with Crippen molar-refractivity contribution >= 4 is 23.2 Å². The average molecular weight is 276 g/mol. The van der Waals surface area contributed by atoms with Crippen LogP contribution in [0.25, 0.3) is 0 Å². The van der Waals surface area contributed by atoms with Crippen LogP contribution in [0.5, 0.6) is 0 Å². The Labute approximate surface area is 118 Å². The van der Waals surface area contributed by atoms with Crippen LogP contribution in [0.4, 0.5) is 11.4 Å². The molecule has 0 spiro atoms. The third-order valence-electron chi connectivity index (χ3n) is 2.90. The van der Waals surface area contributed by atoms with Crippen molar-refractivity contribution in [3.8, 4) is 0 Å². The monoisotopic (exact) mass is 276 g/mol. The second kappa shape index (κ2) is 6.27. The van der Waals surface area contributed by atoms with Gasteiger partial charge in [-0.05, 0) is 32.0 Å². The van der Waals surface area contributed by atoms with E-state index < -0.39 is 0 Å². The minimum Gasteiger partial charge on any atom is -0.382 e. The van der Waals surface area contributed by atoms with Crippen LogP contribution >= 0.6 is 0 Å². The van der Waals surface area contributed by atoms with Crippen LogP contribution < -0.4 is 21.3 Å². The van der Waals surface area contributed by atoms with Crippen LogP contribution in [-0.2, 0) is 4.79 Å². The van der Waals surface area contributed by atoms with E-state index in [2.05, 4.69) is 21.3 Å². The van der Waals surface area contributed by atoms with Crippen molar-refractivity contribution in [2.45, 2.75) is 19.9 Å². The first-order valence-electron chi connectivity index (χ1n) is 6.75. The van der Waals surface area contributed by atoms with Crippen molar-refractivity contribution in [3.05, 3.63) is 23.8 Å². The third-order valence-corrected chi connectivity index (χ3v) is 2.90. The topological polar surface area (TPSA) is 82.3 Å². The van der Waals surface area contributed by atoms with Crippen LogP contribution in [0, 0.1) is 0 Å². The molecular formula is C14H20N4O2. The number of benzene rings is 1. The lowest BCUT2D eigenvalue weighted by molar-refractivity contribution is -0.120. The summed E-state index contributed by atoms with van der Waals surface area (Å²) in [6.45, 7) is 5.44. The zero-order chi connectivity index (χ0) is 14.5. The van der Waals surface area contributed by atoms with E-state index in [1.165, 1.54) is 0 Å². The van der Waals surface area contributed by atoms with Crippen LogP contribution in [-0.4, -0.2) is 37.5 Å². The highest BCUT2D eigenvalue weighted by atomic mass is 16.2. The molecule has 0 atom stereocenters. The zero-order valence-electron chi connectivity index (χ0n) is 11.7. The number of anilines is 2. The molecule has 0 aromatic heterocycles. The summed E-state index contributed by atoms with van der Waals surface area (Å²) in [7, 11) is 0. The summed E-state index contributed by atoms with van der Waals surface area (Å²) < 4.78 is 0. The van der Waals surface area contributed by atoms with Gasteiger partial charge in [0.1, 0.15) is 0 Å². The van der Waals surface area contributed by atoms with Gasteiger partial charge in [-0.3, -0.25) is 9.59 Å². The Bertz CT molecular complexity index is 514. The smallest absolute Gasteiger partial charge is 0.251 e. The Hall–Kier alpha value is -2.24. The molecule has 2 amide bonds. The lowest BCUT2D eigenvalue weighted by Gasteiger charge is -2.20. The SMILES string of the molecule is CC(C)NC(=O)CNC(=O)c1ccc2c(c1)NCCN2. The largest absolute Gasteiger partial charge is 0.382 e. The Balaban J connectivity index is 1.94. The maximum Gasteiger partial charge on any atom is 0.251 e. The van der Waals surface area contributed by atoms with Crippen molar-refractivity contribution in [2.75, 3.05) is 30.3 Å². The van der Waals surface area contributed by atoms with Gasteiger partial charge in [-0.1, -0.05) is 0 Å². The summed E-state index contributed by atoms with van der Waals surface area (Å²) in [5, 5.41) is 11.8. The molecule has 1 aliphatic rings. The van der Waals surface area contributed by atoms with Gasteiger partial charge in [0.2, 0.25) is 5.91 Å². The summed E-state index contributed by atoms with van der Waals surface area (Å²) in [6.07, 6.45) is 0. The molecule has 6 nitrogen and oxygen atoms in total. The maximum atomic E-state index is 12.0. The van der Waals surface area contributed by atoms with Gasteiger partial charge in [0.05, 0.1) is 17.9 Å².